The Hall–Kier alpha value is -2.82. The summed E-state index contributed by atoms with van der Waals surface area (Å²) in [6.45, 7) is 3.84. The Bertz CT molecular complexity index is 724. The topological polar surface area (TPSA) is 69.6 Å². The van der Waals surface area contributed by atoms with E-state index in [-0.39, 0.29) is 6.03 Å². The van der Waals surface area contributed by atoms with Gasteiger partial charge in [-0.3, -0.25) is 9.69 Å². The highest BCUT2D eigenvalue weighted by Crippen LogP contribution is 2.22. The van der Waals surface area contributed by atoms with Crippen LogP contribution in [0.1, 0.15) is 25.0 Å². The molecule has 2 aromatic rings. The molecule has 0 aromatic heterocycles. The number of carboxylic acid groups (broad SMARTS) is 1. The Morgan fingerprint density at radius 3 is 2.12 bits per heavy atom. The molecule has 0 atom stereocenters. The van der Waals surface area contributed by atoms with Crippen molar-refractivity contribution in [2.75, 3.05) is 11.9 Å². The molecule has 0 aliphatic rings. The normalized spacial score (nSPS) is 11.0. The summed E-state index contributed by atoms with van der Waals surface area (Å²) >= 11 is 0. The lowest BCUT2D eigenvalue weighted by Crippen LogP contribution is -2.36. The highest BCUT2D eigenvalue weighted by atomic mass is 16.4. The fourth-order valence-corrected chi connectivity index (χ4v) is 2.43. The van der Waals surface area contributed by atoms with Gasteiger partial charge in [0.2, 0.25) is 0 Å². The maximum Gasteiger partial charge on any atom is 0.321 e. The van der Waals surface area contributed by atoms with E-state index >= 15 is 0 Å². The first-order chi connectivity index (χ1) is 11.8. The van der Waals surface area contributed by atoms with Crippen LogP contribution in [-0.2, 0) is 17.8 Å². The molecule has 5 nitrogen and oxygen atoms in total. The largest absolute Gasteiger partial charge is 0.481 e. The van der Waals surface area contributed by atoms with Crippen molar-refractivity contribution < 1.29 is 14.7 Å². The van der Waals surface area contributed by atoms with Gasteiger partial charge in [0, 0.05) is 19.3 Å². The smallest absolute Gasteiger partial charge is 0.321 e. The van der Waals surface area contributed by atoms with Crippen LogP contribution in [0.3, 0.4) is 0 Å². The Morgan fingerprint density at radius 2 is 1.56 bits per heavy atom. The van der Waals surface area contributed by atoms with Gasteiger partial charge in [0.05, 0.1) is 5.41 Å². The van der Waals surface area contributed by atoms with Gasteiger partial charge in [0.15, 0.2) is 0 Å². The first kappa shape index (κ1) is 18.5. The van der Waals surface area contributed by atoms with E-state index in [4.69, 9.17) is 0 Å². The van der Waals surface area contributed by atoms with Gasteiger partial charge in [-0.05, 0) is 43.5 Å². The number of para-hydroxylation sites is 1. The number of carbonyl (C=O) groups excluding carboxylic acids is 1. The van der Waals surface area contributed by atoms with Crippen molar-refractivity contribution in [1.29, 1.82) is 0 Å². The summed E-state index contributed by atoms with van der Waals surface area (Å²) in [5.74, 6) is -0.812. The minimum atomic E-state index is -0.812. The molecule has 0 fully saturated rings. The second kappa shape index (κ2) is 7.83. The van der Waals surface area contributed by atoms with Crippen molar-refractivity contribution in [3.8, 4) is 0 Å². The van der Waals surface area contributed by atoms with Gasteiger partial charge in [-0.2, -0.15) is 0 Å². The number of carbonyl (C=O) groups is 2. The summed E-state index contributed by atoms with van der Waals surface area (Å²) in [6.07, 6.45) is 0.464. The van der Waals surface area contributed by atoms with E-state index in [0.717, 1.165) is 16.8 Å². The highest BCUT2D eigenvalue weighted by Gasteiger charge is 2.27. The Kier molecular flexibility index (Phi) is 5.80. The number of urea groups is 1. The van der Waals surface area contributed by atoms with E-state index in [9.17, 15) is 14.7 Å². The van der Waals surface area contributed by atoms with Crippen LogP contribution in [0.15, 0.2) is 54.6 Å². The van der Waals surface area contributed by atoms with Gasteiger partial charge in [0.1, 0.15) is 0 Å². The van der Waals surface area contributed by atoms with Crippen LogP contribution in [0.2, 0.25) is 0 Å². The third-order valence-corrected chi connectivity index (χ3v) is 4.14. The van der Waals surface area contributed by atoms with E-state index in [1.54, 1.807) is 25.8 Å². The molecule has 0 saturated carbocycles. The Labute approximate surface area is 148 Å². The van der Waals surface area contributed by atoms with Crippen LogP contribution in [0, 0.1) is 5.41 Å². The standard InChI is InChI=1S/C20H24N2O3/c1-20(2,18(23)24)13-15-9-11-16(12-10-15)14-21-19(25)22(3)17-7-5-4-6-8-17/h4-12H,13-14H2,1-3H3,(H,21,25)(H,23,24). The van der Waals surface area contributed by atoms with Gasteiger partial charge >= 0.3 is 12.0 Å². The molecule has 0 radical (unpaired) electrons. The van der Waals surface area contributed by atoms with E-state index in [2.05, 4.69) is 5.32 Å². The molecule has 132 valence electrons. The van der Waals surface area contributed by atoms with Crippen LogP contribution in [0.4, 0.5) is 10.5 Å². The predicted octanol–water partition coefficient (Wildman–Crippen LogP) is 3.69. The van der Waals surface area contributed by atoms with E-state index in [1.807, 2.05) is 54.6 Å². The highest BCUT2D eigenvalue weighted by molar-refractivity contribution is 5.91. The number of anilines is 1. The molecule has 2 N–H and O–H groups in total. The lowest BCUT2D eigenvalue weighted by Gasteiger charge is -2.19. The van der Waals surface area contributed by atoms with Gasteiger partial charge in [-0.15, -0.1) is 0 Å². The first-order valence-electron chi connectivity index (χ1n) is 8.17. The zero-order chi connectivity index (χ0) is 18.4. The minimum Gasteiger partial charge on any atom is -0.481 e. The average molecular weight is 340 g/mol. The predicted molar refractivity (Wildman–Crippen MR) is 98.6 cm³/mol. The molecule has 25 heavy (non-hydrogen) atoms. The number of rotatable bonds is 6. The number of nitrogens with zero attached hydrogens (tertiary/aromatic N) is 1. The number of hydrogen-bond donors (Lipinski definition) is 2. The first-order valence-corrected chi connectivity index (χ1v) is 8.17. The molecule has 0 heterocycles. The van der Waals surface area contributed by atoms with Crippen molar-refractivity contribution in [2.45, 2.75) is 26.8 Å². The quantitative estimate of drug-likeness (QED) is 0.843. The van der Waals surface area contributed by atoms with Gasteiger partial charge < -0.3 is 10.4 Å². The van der Waals surface area contributed by atoms with Gasteiger partial charge in [0.25, 0.3) is 0 Å². The zero-order valence-electron chi connectivity index (χ0n) is 14.8. The fourth-order valence-electron chi connectivity index (χ4n) is 2.43. The molecule has 0 spiro atoms. The molecule has 0 aliphatic heterocycles. The molecule has 0 bridgehead atoms. The number of hydrogen-bond acceptors (Lipinski definition) is 2. The molecule has 0 aliphatic carbocycles. The Morgan fingerprint density at radius 1 is 1.00 bits per heavy atom. The van der Waals surface area contributed by atoms with Crippen molar-refractivity contribution in [3.63, 3.8) is 0 Å². The third-order valence-electron chi connectivity index (χ3n) is 4.14. The maximum atomic E-state index is 12.2. The lowest BCUT2D eigenvalue weighted by molar-refractivity contribution is -0.146. The average Bonchev–Trinajstić information content (AvgIpc) is 2.60. The summed E-state index contributed by atoms with van der Waals surface area (Å²) in [6, 6.07) is 16.9. The van der Waals surface area contributed by atoms with Crippen LogP contribution in [0.5, 0.6) is 0 Å². The number of nitrogens with one attached hydrogen (secondary N) is 1. The maximum absolute atomic E-state index is 12.2. The van der Waals surface area contributed by atoms with Gasteiger partial charge in [-0.1, -0.05) is 42.5 Å². The second-order valence-corrected chi connectivity index (χ2v) is 6.74. The summed E-state index contributed by atoms with van der Waals surface area (Å²) in [4.78, 5) is 25.0. The monoisotopic (exact) mass is 340 g/mol. The lowest BCUT2D eigenvalue weighted by atomic mass is 9.86. The van der Waals surface area contributed by atoms with Crippen molar-refractivity contribution in [1.82, 2.24) is 5.32 Å². The van der Waals surface area contributed by atoms with Crippen LogP contribution in [0.25, 0.3) is 0 Å². The number of carboxylic acids is 1. The number of amides is 2. The summed E-state index contributed by atoms with van der Waals surface area (Å²) in [7, 11) is 1.72. The van der Waals surface area contributed by atoms with Crippen molar-refractivity contribution >= 4 is 17.7 Å². The summed E-state index contributed by atoms with van der Waals surface area (Å²) in [5.41, 5.74) is 1.95. The van der Waals surface area contributed by atoms with Crippen LogP contribution >= 0.6 is 0 Å². The summed E-state index contributed by atoms with van der Waals surface area (Å²) < 4.78 is 0. The molecule has 0 unspecified atom stereocenters. The molecule has 5 heteroatoms. The number of aliphatic carboxylic acids is 1. The molecule has 2 rings (SSSR count). The molecular formula is C20H24N2O3. The Balaban J connectivity index is 1.91. The van der Waals surface area contributed by atoms with Crippen molar-refractivity contribution in [2.24, 2.45) is 5.41 Å². The van der Waals surface area contributed by atoms with Crippen LogP contribution < -0.4 is 10.2 Å². The van der Waals surface area contributed by atoms with Crippen LogP contribution in [-0.4, -0.2) is 24.2 Å². The van der Waals surface area contributed by atoms with Crippen molar-refractivity contribution in [3.05, 3.63) is 65.7 Å². The van der Waals surface area contributed by atoms with E-state index in [1.165, 1.54) is 0 Å². The van der Waals surface area contributed by atoms with E-state index in [0.29, 0.717) is 13.0 Å². The third kappa shape index (κ3) is 5.08. The van der Waals surface area contributed by atoms with Gasteiger partial charge in [-0.25, -0.2) is 4.79 Å². The molecule has 2 aromatic carbocycles. The number of benzene rings is 2. The van der Waals surface area contributed by atoms with E-state index < -0.39 is 11.4 Å². The summed E-state index contributed by atoms with van der Waals surface area (Å²) in [5, 5.41) is 12.1. The fraction of sp³-hybridized carbons (Fsp3) is 0.300. The molecule has 2 amide bonds. The minimum absolute atomic E-state index is 0.178. The zero-order valence-corrected chi connectivity index (χ0v) is 14.8. The molecular weight excluding hydrogens is 316 g/mol. The SMILES string of the molecule is CN(C(=O)NCc1ccc(CC(C)(C)C(=O)O)cc1)c1ccccc1. The second-order valence-electron chi connectivity index (χ2n) is 6.74. The molecule has 0 saturated heterocycles.